The molecule has 5 nitrogen and oxygen atoms in total. The van der Waals surface area contributed by atoms with Gasteiger partial charge in [-0.2, -0.15) is 4.98 Å². The highest BCUT2D eigenvalue weighted by molar-refractivity contribution is 7.99. The van der Waals surface area contributed by atoms with E-state index in [2.05, 4.69) is 28.9 Å². The minimum atomic E-state index is 0.168. The van der Waals surface area contributed by atoms with Crippen LogP contribution in [0.4, 0.5) is 0 Å². The lowest BCUT2D eigenvalue weighted by Crippen LogP contribution is -2.20. The van der Waals surface area contributed by atoms with Gasteiger partial charge in [-0.25, -0.2) is 9.50 Å². The molecule has 0 bridgehead atoms. The molecule has 19 heavy (non-hydrogen) atoms. The van der Waals surface area contributed by atoms with Crippen LogP contribution >= 0.6 is 11.8 Å². The van der Waals surface area contributed by atoms with E-state index in [1.54, 1.807) is 22.5 Å². The number of fused-ring (bicyclic) bond motifs is 2. The highest BCUT2D eigenvalue weighted by Crippen LogP contribution is 2.24. The molecule has 2 heterocycles. The van der Waals surface area contributed by atoms with E-state index < -0.39 is 0 Å². The molecule has 6 heteroatoms. The number of rotatable bonds is 3. The van der Waals surface area contributed by atoms with Crippen molar-refractivity contribution in [1.82, 2.24) is 19.6 Å². The zero-order chi connectivity index (χ0) is 13.4. The van der Waals surface area contributed by atoms with Gasteiger partial charge in [0.2, 0.25) is 5.16 Å². The second kappa shape index (κ2) is 4.92. The van der Waals surface area contributed by atoms with Gasteiger partial charge in [0.05, 0.1) is 11.3 Å². The SMILES string of the molecule is CCCSc1nc2nc3c(cn2n1)C(=O)C[C@H](C)C3. The summed E-state index contributed by atoms with van der Waals surface area (Å²) in [5.41, 5.74) is 1.58. The first kappa shape index (κ1) is 12.6. The molecule has 1 aliphatic rings. The summed E-state index contributed by atoms with van der Waals surface area (Å²) in [5.74, 6) is 2.12. The molecule has 0 spiro atoms. The van der Waals surface area contributed by atoms with Crippen molar-refractivity contribution >= 4 is 23.3 Å². The third-order valence-electron chi connectivity index (χ3n) is 3.20. The molecule has 0 amide bonds. The summed E-state index contributed by atoms with van der Waals surface area (Å²) < 4.78 is 1.63. The van der Waals surface area contributed by atoms with Gasteiger partial charge in [-0.05, 0) is 18.8 Å². The minimum absolute atomic E-state index is 0.168. The Morgan fingerprint density at radius 3 is 3.05 bits per heavy atom. The lowest BCUT2D eigenvalue weighted by molar-refractivity contribution is 0.0951. The van der Waals surface area contributed by atoms with E-state index in [-0.39, 0.29) is 5.78 Å². The highest BCUT2D eigenvalue weighted by atomic mass is 32.2. The Kier molecular flexibility index (Phi) is 3.26. The van der Waals surface area contributed by atoms with Crippen LogP contribution in [0.15, 0.2) is 11.4 Å². The van der Waals surface area contributed by atoms with Crippen molar-refractivity contribution in [2.45, 2.75) is 38.3 Å². The molecule has 1 atom stereocenters. The zero-order valence-corrected chi connectivity index (χ0v) is 11.9. The molecule has 0 N–H and O–H groups in total. The number of nitrogens with zero attached hydrogens (tertiary/aromatic N) is 4. The largest absolute Gasteiger partial charge is 0.294 e. The number of carbonyl (C=O) groups excluding carboxylic acids is 1. The third-order valence-corrected chi connectivity index (χ3v) is 4.25. The Morgan fingerprint density at radius 1 is 1.42 bits per heavy atom. The molecular formula is C13H16N4OS. The summed E-state index contributed by atoms with van der Waals surface area (Å²) in [6.07, 6.45) is 4.32. The highest BCUT2D eigenvalue weighted by Gasteiger charge is 2.25. The van der Waals surface area contributed by atoms with Gasteiger partial charge in [0.1, 0.15) is 0 Å². The second-order valence-corrected chi connectivity index (χ2v) is 6.09. The molecule has 0 fully saturated rings. The number of aromatic nitrogens is 4. The number of thioether (sulfide) groups is 1. The second-order valence-electron chi connectivity index (χ2n) is 5.03. The number of carbonyl (C=O) groups is 1. The zero-order valence-electron chi connectivity index (χ0n) is 11.1. The van der Waals surface area contributed by atoms with Crippen LogP contribution in [0.3, 0.4) is 0 Å². The van der Waals surface area contributed by atoms with Crippen molar-refractivity contribution in [3.05, 3.63) is 17.5 Å². The lowest BCUT2D eigenvalue weighted by atomic mass is 9.88. The van der Waals surface area contributed by atoms with Crippen molar-refractivity contribution < 1.29 is 4.79 Å². The molecular weight excluding hydrogens is 260 g/mol. The van der Waals surface area contributed by atoms with Crippen LogP contribution in [-0.2, 0) is 6.42 Å². The number of hydrogen-bond donors (Lipinski definition) is 0. The van der Waals surface area contributed by atoms with Crippen molar-refractivity contribution in [1.29, 1.82) is 0 Å². The fraction of sp³-hybridized carbons (Fsp3) is 0.538. The third kappa shape index (κ3) is 2.36. The Labute approximate surface area is 115 Å². The standard InChI is InChI=1S/C13H16N4OS/c1-3-4-19-13-15-12-14-10-5-8(2)6-11(18)9(10)7-17(12)16-13/h7-8H,3-6H2,1-2H3/t8-/m1/s1. The summed E-state index contributed by atoms with van der Waals surface area (Å²) in [4.78, 5) is 20.9. The molecule has 3 rings (SSSR count). The van der Waals surface area contributed by atoms with E-state index in [1.165, 1.54) is 0 Å². The monoisotopic (exact) mass is 276 g/mol. The molecule has 1 aliphatic carbocycles. The van der Waals surface area contributed by atoms with Crippen LogP contribution < -0.4 is 0 Å². The average molecular weight is 276 g/mol. The predicted octanol–water partition coefficient (Wildman–Crippen LogP) is 2.39. The van der Waals surface area contributed by atoms with Gasteiger partial charge in [-0.1, -0.05) is 25.6 Å². The summed E-state index contributed by atoms with van der Waals surface area (Å²) in [7, 11) is 0. The first-order chi connectivity index (χ1) is 9.17. The summed E-state index contributed by atoms with van der Waals surface area (Å²) in [5, 5.41) is 5.10. The van der Waals surface area contributed by atoms with Crippen LogP contribution in [0.5, 0.6) is 0 Å². The van der Waals surface area contributed by atoms with Crippen LogP contribution in [0.2, 0.25) is 0 Å². The number of ketones is 1. The Hall–Kier alpha value is -1.43. The van der Waals surface area contributed by atoms with E-state index in [0.29, 0.717) is 23.7 Å². The maximum Gasteiger partial charge on any atom is 0.253 e. The van der Waals surface area contributed by atoms with Gasteiger partial charge < -0.3 is 0 Å². The molecule has 0 radical (unpaired) electrons. The molecule has 0 aliphatic heterocycles. The maximum absolute atomic E-state index is 12.0. The Morgan fingerprint density at radius 2 is 2.26 bits per heavy atom. The summed E-state index contributed by atoms with van der Waals surface area (Å²) >= 11 is 1.62. The minimum Gasteiger partial charge on any atom is -0.294 e. The average Bonchev–Trinajstić information content (AvgIpc) is 2.75. The molecule has 0 saturated carbocycles. The van der Waals surface area contributed by atoms with E-state index in [1.807, 2.05) is 0 Å². The molecule has 0 saturated heterocycles. The molecule has 0 aromatic carbocycles. The fourth-order valence-corrected chi connectivity index (χ4v) is 2.99. The van der Waals surface area contributed by atoms with E-state index >= 15 is 0 Å². The molecule has 2 aromatic heterocycles. The van der Waals surface area contributed by atoms with Crippen molar-refractivity contribution in [3.63, 3.8) is 0 Å². The van der Waals surface area contributed by atoms with Gasteiger partial charge in [0.15, 0.2) is 5.78 Å². The fourth-order valence-electron chi connectivity index (χ4n) is 2.31. The van der Waals surface area contributed by atoms with Crippen molar-refractivity contribution in [2.75, 3.05) is 5.75 Å². The number of Topliss-reactive ketones (excluding diaryl/α,β-unsaturated/α-hetero) is 1. The van der Waals surface area contributed by atoms with Crippen LogP contribution in [-0.4, -0.2) is 31.1 Å². The van der Waals surface area contributed by atoms with Gasteiger partial charge in [-0.3, -0.25) is 4.79 Å². The topological polar surface area (TPSA) is 60.1 Å². The van der Waals surface area contributed by atoms with E-state index in [4.69, 9.17) is 0 Å². The van der Waals surface area contributed by atoms with Crippen LogP contribution in [0.25, 0.3) is 5.78 Å². The van der Waals surface area contributed by atoms with E-state index in [0.717, 1.165) is 29.4 Å². The maximum atomic E-state index is 12.0. The first-order valence-corrected chi connectivity index (χ1v) is 7.58. The Balaban J connectivity index is 2.02. The van der Waals surface area contributed by atoms with Gasteiger partial charge in [0.25, 0.3) is 5.78 Å². The Bertz CT molecular complexity index is 637. The van der Waals surface area contributed by atoms with Crippen molar-refractivity contribution in [2.24, 2.45) is 5.92 Å². The lowest BCUT2D eigenvalue weighted by Gasteiger charge is -2.18. The smallest absolute Gasteiger partial charge is 0.253 e. The molecule has 0 unspecified atom stereocenters. The van der Waals surface area contributed by atoms with Gasteiger partial charge >= 0.3 is 0 Å². The molecule has 100 valence electrons. The predicted molar refractivity (Wildman–Crippen MR) is 73.6 cm³/mol. The van der Waals surface area contributed by atoms with Crippen LogP contribution in [0.1, 0.15) is 42.7 Å². The van der Waals surface area contributed by atoms with Gasteiger partial charge in [-0.15, -0.1) is 5.10 Å². The van der Waals surface area contributed by atoms with E-state index in [9.17, 15) is 4.79 Å². The van der Waals surface area contributed by atoms with Gasteiger partial charge in [0, 0.05) is 18.4 Å². The first-order valence-electron chi connectivity index (χ1n) is 6.59. The normalized spacial score (nSPS) is 18.8. The molecule has 2 aromatic rings. The number of hydrogen-bond acceptors (Lipinski definition) is 5. The quantitative estimate of drug-likeness (QED) is 0.806. The summed E-state index contributed by atoms with van der Waals surface area (Å²) in [6.45, 7) is 4.21. The summed E-state index contributed by atoms with van der Waals surface area (Å²) in [6, 6.07) is 0. The van der Waals surface area contributed by atoms with Crippen molar-refractivity contribution in [3.8, 4) is 0 Å². The van der Waals surface area contributed by atoms with Crippen LogP contribution in [0, 0.1) is 5.92 Å².